The summed E-state index contributed by atoms with van der Waals surface area (Å²) in [6.07, 6.45) is 0. The van der Waals surface area contributed by atoms with E-state index in [4.69, 9.17) is 47.0 Å². The smallest absolute Gasteiger partial charge is 0.276 e. The number of hydrogen-bond acceptors (Lipinski definition) is 2. The number of rotatable bonds is 0. The van der Waals surface area contributed by atoms with Gasteiger partial charge in [0.05, 0.1) is 6.54 Å². The van der Waals surface area contributed by atoms with Gasteiger partial charge < -0.3 is 5.32 Å². The van der Waals surface area contributed by atoms with E-state index < -0.39 is 3.92 Å². The molecule has 0 unspecified atom stereocenters. The first kappa shape index (κ1) is 9.32. The van der Waals surface area contributed by atoms with Crippen LogP contribution in [0.4, 0.5) is 0 Å². The molecule has 1 amide bonds. The summed E-state index contributed by atoms with van der Waals surface area (Å²) in [5.74, 6) is -0.338. The molecule has 0 saturated carbocycles. The molecule has 1 saturated heterocycles. The van der Waals surface area contributed by atoms with Crippen LogP contribution in [-0.2, 0) is 4.79 Å². The molecule has 0 spiro atoms. The predicted octanol–water partition coefficient (Wildman–Crippen LogP) is 1.03. The molecule has 0 aliphatic carbocycles. The zero-order valence-corrected chi connectivity index (χ0v) is 8.19. The van der Waals surface area contributed by atoms with E-state index in [-0.39, 0.29) is 17.6 Å². The first-order valence-electron chi connectivity index (χ1n) is 2.60. The summed E-state index contributed by atoms with van der Waals surface area (Å²) in [6, 6.07) is 0. The summed E-state index contributed by atoms with van der Waals surface area (Å²) in [4.78, 5) is 11.9. The molecule has 0 bridgehead atoms. The third-order valence-electron chi connectivity index (χ3n) is 1.10. The van der Waals surface area contributed by atoms with E-state index in [1.54, 1.807) is 0 Å². The van der Waals surface area contributed by atoms with Crippen LogP contribution in [0.5, 0.6) is 0 Å². The second-order valence-electron chi connectivity index (χ2n) is 1.86. The number of alkyl halides is 3. The quantitative estimate of drug-likeness (QED) is 0.385. The lowest BCUT2D eigenvalue weighted by Crippen LogP contribution is -2.40. The van der Waals surface area contributed by atoms with Gasteiger partial charge in [-0.25, -0.2) is 4.90 Å². The number of nitrogens with zero attached hydrogens (tertiary/aromatic N) is 1. The van der Waals surface area contributed by atoms with Gasteiger partial charge in [0.25, 0.3) is 9.82 Å². The lowest BCUT2D eigenvalue weighted by atomic mass is 10.6. The maximum Gasteiger partial charge on any atom is 0.276 e. The average Bonchev–Trinajstić information content (AvgIpc) is 2.08. The van der Waals surface area contributed by atoms with Gasteiger partial charge in [-0.15, -0.1) is 0 Å². The molecule has 0 aromatic heterocycles. The van der Waals surface area contributed by atoms with E-state index in [0.717, 1.165) is 4.90 Å². The van der Waals surface area contributed by atoms with Crippen LogP contribution in [0.2, 0.25) is 0 Å². The van der Waals surface area contributed by atoms with Crippen LogP contribution in [0.1, 0.15) is 0 Å². The fourth-order valence-electron chi connectivity index (χ4n) is 0.679. The Morgan fingerprint density at radius 3 is 2.27 bits per heavy atom. The number of halogens is 3. The highest BCUT2D eigenvalue weighted by Gasteiger charge is 2.40. The Kier molecular flexibility index (Phi) is 2.49. The van der Waals surface area contributed by atoms with E-state index in [0.29, 0.717) is 0 Å². The zero-order chi connectivity index (χ0) is 8.65. The second-order valence-corrected chi connectivity index (χ2v) is 4.46. The minimum absolute atomic E-state index is 0.0900. The van der Waals surface area contributed by atoms with Gasteiger partial charge in [-0.1, -0.05) is 34.8 Å². The molecule has 1 N–H and O–H groups in total. The van der Waals surface area contributed by atoms with Gasteiger partial charge in [-0.3, -0.25) is 4.79 Å². The van der Waals surface area contributed by atoms with E-state index in [1.807, 2.05) is 0 Å². The summed E-state index contributed by atoms with van der Waals surface area (Å²) < 4.78 is -1.78. The zero-order valence-electron chi connectivity index (χ0n) is 5.10. The van der Waals surface area contributed by atoms with Crippen molar-refractivity contribution in [2.24, 2.45) is 0 Å². The molecule has 0 aromatic carbocycles. The van der Waals surface area contributed by atoms with Crippen molar-refractivity contribution < 1.29 is 4.79 Å². The Morgan fingerprint density at radius 1 is 1.55 bits per heavy atom. The number of carbonyl (C=O) groups is 1. The summed E-state index contributed by atoms with van der Waals surface area (Å²) >= 11 is 21.0. The first-order chi connectivity index (χ1) is 4.93. The van der Waals surface area contributed by atoms with Gasteiger partial charge in [0.15, 0.2) is 5.11 Å². The summed E-state index contributed by atoms with van der Waals surface area (Å²) in [5.41, 5.74) is 0. The van der Waals surface area contributed by atoms with Gasteiger partial charge in [0, 0.05) is 0 Å². The monoisotopic (exact) mass is 232 g/mol. The van der Waals surface area contributed by atoms with Gasteiger partial charge in [-0.05, 0) is 12.2 Å². The fraction of sp³-hybridized carbons (Fsp3) is 0.500. The average molecular weight is 234 g/mol. The van der Waals surface area contributed by atoms with Crippen molar-refractivity contribution in [1.82, 2.24) is 10.2 Å². The van der Waals surface area contributed by atoms with Gasteiger partial charge >= 0.3 is 0 Å². The fourth-order valence-corrected chi connectivity index (χ4v) is 1.68. The lowest BCUT2D eigenvalue weighted by molar-refractivity contribution is -0.124. The van der Waals surface area contributed by atoms with E-state index >= 15 is 0 Å². The molecule has 0 aromatic rings. The van der Waals surface area contributed by atoms with Gasteiger partial charge in [0.2, 0.25) is 0 Å². The van der Waals surface area contributed by atoms with Crippen LogP contribution < -0.4 is 5.32 Å². The highest BCUT2D eigenvalue weighted by atomic mass is 35.6. The van der Waals surface area contributed by atoms with E-state index in [1.165, 1.54) is 0 Å². The van der Waals surface area contributed by atoms with Crippen molar-refractivity contribution in [3.63, 3.8) is 0 Å². The minimum atomic E-state index is -1.78. The second kappa shape index (κ2) is 2.94. The van der Waals surface area contributed by atoms with Crippen molar-refractivity contribution in [1.29, 1.82) is 0 Å². The predicted molar refractivity (Wildman–Crippen MR) is 47.7 cm³/mol. The Hall–Kier alpha value is 0.230. The first-order valence-corrected chi connectivity index (χ1v) is 4.15. The van der Waals surface area contributed by atoms with Crippen molar-refractivity contribution in [2.45, 2.75) is 3.92 Å². The Labute approximate surface area is 83.6 Å². The van der Waals surface area contributed by atoms with Gasteiger partial charge in [0.1, 0.15) is 0 Å². The number of nitrogens with one attached hydrogen (secondary N) is 1. The molecule has 11 heavy (non-hydrogen) atoms. The molecule has 1 aliphatic rings. The van der Waals surface area contributed by atoms with Crippen LogP contribution in [0.15, 0.2) is 0 Å². The van der Waals surface area contributed by atoms with Crippen molar-refractivity contribution in [2.75, 3.05) is 6.54 Å². The van der Waals surface area contributed by atoms with Crippen molar-refractivity contribution in [3.8, 4) is 0 Å². The van der Waals surface area contributed by atoms with Crippen LogP contribution in [-0.4, -0.2) is 26.4 Å². The van der Waals surface area contributed by atoms with Crippen molar-refractivity contribution in [3.05, 3.63) is 0 Å². The summed E-state index contributed by atoms with van der Waals surface area (Å²) in [6.45, 7) is 0.0900. The standard InChI is InChI=1S/C4H3Cl3N2OS/c5-4(6,7)9-2(10)1-8-3(9)11/h1H2,(H,8,11). The molecule has 62 valence electrons. The molecule has 1 aliphatic heterocycles. The number of amides is 1. The molecule has 1 fully saturated rings. The topological polar surface area (TPSA) is 32.3 Å². The molecular formula is C4H3Cl3N2OS. The third kappa shape index (κ3) is 1.87. The van der Waals surface area contributed by atoms with E-state index in [2.05, 4.69) is 5.32 Å². The SMILES string of the molecule is O=C1CNC(=S)N1C(Cl)(Cl)Cl. The highest BCUT2D eigenvalue weighted by molar-refractivity contribution is 7.80. The summed E-state index contributed by atoms with van der Waals surface area (Å²) in [5, 5.41) is 2.73. The van der Waals surface area contributed by atoms with E-state index in [9.17, 15) is 4.79 Å². The number of thiocarbonyl (C=S) groups is 1. The molecule has 7 heteroatoms. The van der Waals surface area contributed by atoms with Crippen LogP contribution in [0.3, 0.4) is 0 Å². The Balaban J connectivity index is 2.85. The third-order valence-corrected chi connectivity index (χ3v) is 1.93. The number of hydrogen-bond donors (Lipinski definition) is 1. The number of carbonyl (C=O) groups excluding carboxylic acids is 1. The molecule has 3 nitrogen and oxygen atoms in total. The lowest BCUT2D eigenvalue weighted by Gasteiger charge is -2.22. The Bertz CT molecular complexity index is 198. The van der Waals surface area contributed by atoms with Crippen LogP contribution >= 0.6 is 47.0 Å². The molecule has 1 heterocycles. The largest absolute Gasteiger partial charge is 0.353 e. The normalized spacial score (nSPS) is 19.0. The molecular weight excluding hydrogens is 230 g/mol. The van der Waals surface area contributed by atoms with Crippen LogP contribution in [0, 0.1) is 0 Å². The van der Waals surface area contributed by atoms with Crippen LogP contribution in [0.25, 0.3) is 0 Å². The highest BCUT2D eigenvalue weighted by Crippen LogP contribution is 2.32. The van der Waals surface area contributed by atoms with Gasteiger partial charge in [-0.2, -0.15) is 0 Å². The maximum absolute atomic E-state index is 11.0. The van der Waals surface area contributed by atoms with Crippen molar-refractivity contribution >= 4 is 58.0 Å². The Morgan fingerprint density at radius 2 is 2.09 bits per heavy atom. The maximum atomic E-state index is 11.0. The summed E-state index contributed by atoms with van der Waals surface area (Å²) in [7, 11) is 0. The molecule has 0 atom stereocenters. The molecule has 0 radical (unpaired) electrons. The molecule has 1 rings (SSSR count). The minimum Gasteiger partial charge on any atom is -0.353 e.